The molecule has 0 unspecified atom stereocenters. The number of hydrogen-bond acceptors (Lipinski definition) is 4. The van der Waals surface area contributed by atoms with E-state index in [2.05, 4.69) is 10.3 Å². The first-order valence-corrected chi connectivity index (χ1v) is 7.20. The molecule has 1 heterocycles. The van der Waals surface area contributed by atoms with E-state index in [0.29, 0.717) is 23.4 Å². The molecule has 1 N–H and O–H groups in total. The summed E-state index contributed by atoms with van der Waals surface area (Å²) in [5.41, 5.74) is 1.26. The molecule has 0 aliphatic carbocycles. The lowest BCUT2D eigenvalue weighted by atomic mass is 10.1. The van der Waals surface area contributed by atoms with Gasteiger partial charge in [0.1, 0.15) is 0 Å². The Bertz CT molecular complexity index is 641. The Kier molecular flexibility index (Phi) is 5.65. The van der Waals surface area contributed by atoms with E-state index in [-0.39, 0.29) is 5.91 Å². The Labute approximate surface area is 129 Å². The van der Waals surface area contributed by atoms with Gasteiger partial charge in [0.25, 0.3) is 5.91 Å². The molecule has 0 spiro atoms. The lowest BCUT2D eigenvalue weighted by Gasteiger charge is -2.10. The van der Waals surface area contributed by atoms with Crippen molar-refractivity contribution in [3.05, 3.63) is 59.9 Å². The number of ether oxygens (including phenoxy) is 1. The fourth-order valence-corrected chi connectivity index (χ4v) is 1.85. The molecule has 2 aromatic rings. The fourth-order valence-electron chi connectivity index (χ4n) is 1.85. The van der Waals surface area contributed by atoms with Gasteiger partial charge >= 0.3 is 5.97 Å². The molecular formula is C17H18N2O3. The van der Waals surface area contributed by atoms with Crippen LogP contribution in [0.5, 0.6) is 0 Å². The van der Waals surface area contributed by atoms with Crippen LogP contribution in [0.3, 0.4) is 0 Å². The number of unbranched alkanes of at least 4 members (excludes halogenated alkanes) is 1. The molecule has 0 saturated heterocycles. The Morgan fingerprint density at radius 3 is 2.59 bits per heavy atom. The van der Waals surface area contributed by atoms with Gasteiger partial charge in [-0.25, -0.2) is 4.79 Å². The molecule has 2 rings (SSSR count). The van der Waals surface area contributed by atoms with E-state index < -0.39 is 5.97 Å². The topological polar surface area (TPSA) is 68.3 Å². The zero-order chi connectivity index (χ0) is 15.8. The average molecular weight is 298 g/mol. The van der Waals surface area contributed by atoms with Crippen LogP contribution in [0.1, 0.15) is 40.5 Å². The third-order valence-corrected chi connectivity index (χ3v) is 3.07. The molecule has 114 valence electrons. The number of pyridine rings is 1. The van der Waals surface area contributed by atoms with Gasteiger partial charge in [0, 0.05) is 18.0 Å². The monoisotopic (exact) mass is 298 g/mol. The van der Waals surface area contributed by atoms with Crippen LogP contribution in [0.25, 0.3) is 0 Å². The summed E-state index contributed by atoms with van der Waals surface area (Å²) in [6.07, 6.45) is 4.85. The highest BCUT2D eigenvalue weighted by molar-refractivity contribution is 6.07. The molecule has 22 heavy (non-hydrogen) atoms. The van der Waals surface area contributed by atoms with Crippen LogP contribution in [0, 0.1) is 0 Å². The highest BCUT2D eigenvalue weighted by Crippen LogP contribution is 2.17. The third-order valence-electron chi connectivity index (χ3n) is 3.07. The molecule has 0 atom stereocenters. The molecule has 5 nitrogen and oxygen atoms in total. The second-order valence-corrected chi connectivity index (χ2v) is 4.73. The van der Waals surface area contributed by atoms with Crippen molar-refractivity contribution in [2.24, 2.45) is 0 Å². The van der Waals surface area contributed by atoms with Crippen LogP contribution < -0.4 is 5.32 Å². The van der Waals surface area contributed by atoms with Crippen molar-refractivity contribution in [1.82, 2.24) is 4.98 Å². The zero-order valence-electron chi connectivity index (χ0n) is 12.4. The van der Waals surface area contributed by atoms with Gasteiger partial charge in [-0.3, -0.25) is 9.78 Å². The number of rotatable bonds is 6. The summed E-state index contributed by atoms with van der Waals surface area (Å²) < 4.78 is 5.20. The number of nitrogens with zero attached hydrogens (tertiary/aromatic N) is 1. The minimum atomic E-state index is -0.431. The molecule has 1 aromatic carbocycles. The first-order chi connectivity index (χ1) is 10.7. The first-order valence-electron chi connectivity index (χ1n) is 7.20. The smallest absolute Gasteiger partial charge is 0.340 e. The first kappa shape index (κ1) is 15.7. The van der Waals surface area contributed by atoms with Crippen LogP contribution in [-0.2, 0) is 4.74 Å². The largest absolute Gasteiger partial charge is 0.462 e. The number of anilines is 1. The summed E-state index contributed by atoms with van der Waals surface area (Å²) in [5.74, 6) is -0.727. The minimum Gasteiger partial charge on any atom is -0.462 e. The third kappa shape index (κ3) is 4.15. The van der Waals surface area contributed by atoms with Crippen molar-refractivity contribution in [3.8, 4) is 0 Å². The van der Waals surface area contributed by atoms with Gasteiger partial charge in [-0.05, 0) is 30.7 Å². The van der Waals surface area contributed by atoms with Gasteiger partial charge < -0.3 is 10.1 Å². The summed E-state index contributed by atoms with van der Waals surface area (Å²) in [7, 11) is 0. The number of aromatic nitrogens is 1. The number of carbonyl (C=O) groups excluding carboxylic acids is 2. The van der Waals surface area contributed by atoms with Crippen LogP contribution in [0.15, 0.2) is 48.8 Å². The summed E-state index contributed by atoms with van der Waals surface area (Å²) in [5, 5.41) is 2.73. The van der Waals surface area contributed by atoms with Gasteiger partial charge in [-0.15, -0.1) is 0 Å². The second kappa shape index (κ2) is 7.93. The zero-order valence-corrected chi connectivity index (χ0v) is 12.4. The predicted octanol–water partition coefficient (Wildman–Crippen LogP) is 3.29. The quantitative estimate of drug-likeness (QED) is 0.656. The van der Waals surface area contributed by atoms with E-state index in [1.807, 2.05) is 6.92 Å². The van der Waals surface area contributed by atoms with Crippen molar-refractivity contribution >= 4 is 17.6 Å². The number of carbonyl (C=O) groups is 2. The average Bonchev–Trinajstić information content (AvgIpc) is 2.56. The van der Waals surface area contributed by atoms with Crippen molar-refractivity contribution in [3.63, 3.8) is 0 Å². The van der Waals surface area contributed by atoms with Crippen molar-refractivity contribution < 1.29 is 14.3 Å². The number of amides is 1. The SMILES string of the molecule is CCCCOC(=O)c1ccccc1NC(=O)c1ccncc1. The molecular weight excluding hydrogens is 280 g/mol. The summed E-state index contributed by atoms with van der Waals surface area (Å²) in [6.45, 7) is 2.40. The highest BCUT2D eigenvalue weighted by atomic mass is 16.5. The number of benzene rings is 1. The number of esters is 1. The number of para-hydroxylation sites is 1. The van der Waals surface area contributed by atoms with Crippen LogP contribution in [0.4, 0.5) is 5.69 Å². The maximum atomic E-state index is 12.2. The Balaban J connectivity index is 2.11. The lowest BCUT2D eigenvalue weighted by molar-refractivity contribution is 0.0501. The molecule has 5 heteroatoms. The Morgan fingerprint density at radius 1 is 1.14 bits per heavy atom. The molecule has 0 saturated carbocycles. The summed E-state index contributed by atoms with van der Waals surface area (Å²) in [4.78, 5) is 28.1. The van der Waals surface area contributed by atoms with E-state index in [0.717, 1.165) is 12.8 Å². The Hall–Kier alpha value is -2.69. The van der Waals surface area contributed by atoms with Gasteiger partial charge in [-0.1, -0.05) is 25.5 Å². The van der Waals surface area contributed by atoms with Gasteiger partial charge in [0.2, 0.25) is 0 Å². The maximum Gasteiger partial charge on any atom is 0.340 e. The maximum absolute atomic E-state index is 12.2. The van der Waals surface area contributed by atoms with Crippen LogP contribution >= 0.6 is 0 Å². The van der Waals surface area contributed by atoms with Gasteiger partial charge in [0.15, 0.2) is 0 Å². The number of nitrogens with one attached hydrogen (secondary N) is 1. The Morgan fingerprint density at radius 2 is 1.86 bits per heavy atom. The van der Waals surface area contributed by atoms with Crippen molar-refractivity contribution in [2.75, 3.05) is 11.9 Å². The normalized spacial score (nSPS) is 10.0. The predicted molar refractivity (Wildman–Crippen MR) is 83.8 cm³/mol. The second-order valence-electron chi connectivity index (χ2n) is 4.73. The molecule has 1 amide bonds. The molecule has 1 aromatic heterocycles. The molecule has 0 aliphatic heterocycles. The standard InChI is InChI=1S/C17H18N2O3/c1-2-3-12-22-17(21)14-6-4-5-7-15(14)19-16(20)13-8-10-18-11-9-13/h4-11H,2-3,12H2,1H3,(H,19,20). The van der Waals surface area contributed by atoms with E-state index in [4.69, 9.17) is 4.74 Å². The van der Waals surface area contributed by atoms with Gasteiger partial charge in [0.05, 0.1) is 17.9 Å². The van der Waals surface area contributed by atoms with Crippen molar-refractivity contribution in [2.45, 2.75) is 19.8 Å². The molecule has 0 bridgehead atoms. The summed E-state index contributed by atoms with van der Waals surface area (Å²) in [6, 6.07) is 10.0. The van der Waals surface area contributed by atoms with Crippen LogP contribution in [-0.4, -0.2) is 23.5 Å². The van der Waals surface area contributed by atoms with E-state index in [1.165, 1.54) is 0 Å². The molecule has 0 fully saturated rings. The molecule has 0 radical (unpaired) electrons. The van der Waals surface area contributed by atoms with Crippen LogP contribution in [0.2, 0.25) is 0 Å². The van der Waals surface area contributed by atoms with E-state index in [1.54, 1.807) is 48.8 Å². The molecule has 0 aliphatic rings. The lowest BCUT2D eigenvalue weighted by Crippen LogP contribution is -2.16. The minimum absolute atomic E-state index is 0.295. The van der Waals surface area contributed by atoms with E-state index in [9.17, 15) is 9.59 Å². The van der Waals surface area contributed by atoms with E-state index >= 15 is 0 Å². The fraction of sp³-hybridized carbons (Fsp3) is 0.235. The summed E-state index contributed by atoms with van der Waals surface area (Å²) >= 11 is 0. The van der Waals surface area contributed by atoms with Gasteiger partial charge in [-0.2, -0.15) is 0 Å². The number of hydrogen-bond donors (Lipinski definition) is 1. The highest BCUT2D eigenvalue weighted by Gasteiger charge is 2.14. The van der Waals surface area contributed by atoms with Crippen molar-refractivity contribution in [1.29, 1.82) is 0 Å².